The third-order valence-electron chi connectivity index (χ3n) is 2.12. The molecule has 11 heavy (non-hydrogen) atoms. The van der Waals surface area contributed by atoms with Crippen molar-refractivity contribution in [2.24, 2.45) is 0 Å². The minimum absolute atomic E-state index is 0.515. The Morgan fingerprint density at radius 3 is 3.18 bits per heavy atom. The van der Waals surface area contributed by atoms with Crippen LogP contribution in [-0.4, -0.2) is 28.9 Å². The minimum atomic E-state index is 0.515. The van der Waals surface area contributed by atoms with Crippen molar-refractivity contribution in [3.05, 3.63) is 0 Å². The van der Waals surface area contributed by atoms with Crippen LogP contribution in [0.2, 0.25) is 0 Å². The van der Waals surface area contributed by atoms with E-state index in [0.717, 1.165) is 24.3 Å². The van der Waals surface area contributed by atoms with Crippen molar-refractivity contribution in [2.75, 3.05) is 13.1 Å². The first-order valence-electron chi connectivity index (χ1n) is 3.86. The van der Waals surface area contributed by atoms with Gasteiger partial charge in [0.05, 0.1) is 12.6 Å². The van der Waals surface area contributed by atoms with E-state index in [1.807, 2.05) is 0 Å². The van der Waals surface area contributed by atoms with Gasteiger partial charge >= 0.3 is 0 Å². The van der Waals surface area contributed by atoms with Crippen molar-refractivity contribution in [3.8, 4) is 6.07 Å². The second kappa shape index (κ2) is 3.80. The summed E-state index contributed by atoms with van der Waals surface area (Å²) in [4.78, 5) is 3.23. The predicted octanol–water partition coefficient (Wildman–Crippen LogP) is 1.36. The van der Waals surface area contributed by atoms with Crippen molar-refractivity contribution < 1.29 is 0 Å². The second-order valence-electron chi connectivity index (χ2n) is 2.99. The lowest BCUT2D eigenvalue weighted by molar-refractivity contribution is 0.241. The second-order valence-corrected chi connectivity index (χ2v) is 3.57. The molecule has 0 aliphatic carbocycles. The van der Waals surface area contributed by atoms with E-state index in [2.05, 4.69) is 17.9 Å². The number of thiocarbonyl (C=S) groups is 1. The molecule has 1 aliphatic rings. The Kier molecular flexibility index (Phi) is 2.98. The van der Waals surface area contributed by atoms with Gasteiger partial charge in [0.1, 0.15) is 0 Å². The van der Waals surface area contributed by atoms with Gasteiger partial charge in [-0.3, -0.25) is 4.90 Å². The van der Waals surface area contributed by atoms with Gasteiger partial charge in [0.15, 0.2) is 0 Å². The molecule has 1 saturated heterocycles. The van der Waals surface area contributed by atoms with Crippen molar-refractivity contribution in [3.63, 3.8) is 0 Å². The minimum Gasteiger partial charge on any atom is -0.283 e. The highest BCUT2D eigenvalue weighted by Gasteiger charge is 2.20. The molecule has 0 radical (unpaired) electrons. The molecule has 1 heterocycles. The maximum absolute atomic E-state index is 8.49. The zero-order valence-electron chi connectivity index (χ0n) is 6.71. The number of piperidine rings is 1. The molecule has 0 amide bonds. The quantitative estimate of drug-likeness (QED) is 0.437. The van der Waals surface area contributed by atoms with E-state index in [1.165, 1.54) is 0 Å². The van der Waals surface area contributed by atoms with E-state index in [0.29, 0.717) is 12.6 Å². The van der Waals surface area contributed by atoms with Gasteiger partial charge in [-0.15, -0.1) is 0 Å². The van der Waals surface area contributed by atoms with Crippen LogP contribution in [0.4, 0.5) is 0 Å². The number of rotatable bonds is 1. The zero-order chi connectivity index (χ0) is 8.27. The molecule has 60 valence electrons. The zero-order valence-corrected chi connectivity index (χ0v) is 7.52. The smallest absolute Gasteiger partial charge is 0.0871 e. The molecule has 1 rings (SSSR count). The van der Waals surface area contributed by atoms with Crippen LogP contribution in [0.3, 0.4) is 0 Å². The Bertz CT molecular complexity index is 195. The molecule has 0 N–H and O–H groups in total. The van der Waals surface area contributed by atoms with Crippen LogP contribution >= 0.6 is 12.2 Å². The average molecular weight is 168 g/mol. The third kappa shape index (κ3) is 2.25. The summed E-state index contributed by atoms with van der Waals surface area (Å²) < 4.78 is 0. The molecule has 1 atom stereocenters. The van der Waals surface area contributed by atoms with Crippen LogP contribution in [0, 0.1) is 11.3 Å². The molecule has 0 aromatic heterocycles. The Balaban J connectivity index is 2.48. The monoisotopic (exact) mass is 168 g/mol. The summed E-state index contributed by atoms with van der Waals surface area (Å²) >= 11 is 5.10. The number of hydrogen-bond donors (Lipinski definition) is 0. The van der Waals surface area contributed by atoms with E-state index in [1.54, 1.807) is 0 Å². The normalized spacial score (nSPS) is 26.5. The molecule has 1 unspecified atom stereocenters. The molecule has 0 aromatic carbocycles. The molecule has 0 saturated carbocycles. The number of nitriles is 1. The Morgan fingerprint density at radius 2 is 2.55 bits per heavy atom. The fraction of sp³-hybridized carbons (Fsp3) is 0.750. The summed E-state index contributed by atoms with van der Waals surface area (Å²) in [6.07, 6.45) is 2.17. The molecular formula is C8H12N2S. The van der Waals surface area contributed by atoms with E-state index in [9.17, 15) is 0 Å². The SMILES string of the molecule is CC1CCC(=S)CN1CC#N. The average Bonchev–Trinajstić information content (AvgIpc) is 1.98. The molecule has 0 aromatic rings. The fourth-order valence-corrected chi connectivity index (χ4v) is 1.60. The molecular weight excluding hydrogens is 156 g/mol. The molecule has 2 nitrogen and oxygen atoms in total. The molecule has 0 bridgehead atoms. The van der Waals surface area contributed by atoms with E-state index >= 15 is 0 Å². The number of nitrogens with zero attached hydrogens (tertiary/aromatic N) is 2. The largest absolute Gasteiger partial charge is 0.283 e. The molecule has 0 spiro atoms. The van der Waals surface area contributed by atoms with Crippen molar-refractivity contribution in [2.45, 2.75) is 25.8 Å². The van der Waals surface area contributed by atoms with Gasteiger partial charge in [-0.25, -0.2) is 0 Å². The molecule has 3 heteroatoms. The summed E-state index contributed by atoms with van der Waals surface area (Å²) in [5.74, 6) is 0. The van der Waals surface area contributed by atoms with E-state index in [-0.39, 0.29) is 0 Å². The van der Waals surface area contributed by atoms with Crippen LogP contribution in [0.5, 0.6) is 0 Å². The van der Waals surface area contributed by atoms with Gasteiger partial charge in [0.2, 0.25) is 0 Å². The lowest BCUT2D eigenvalue weighted by atomic mass is 10.0. The summed E-state index contributed by atoms with van der Waals surface area (Å²) in [5.41, 5.74) is 0. The lowest BCUT2D eigenvalue weighted by Gasteiger charge is -2.31. The standard InChI is InChI=1S/C8H12N2S/c1-7-2-3-8(11)6-10(7)5-4-9/h7H,2-3,5-6H2,1H3. The third-order valence-corrected chi connectivity index (χ3v) is 2.45. The van der Waals surface area contributed by atoms with Crippen LogP contribution in [0.25, 0.3) is 0 Å². The fourth-order valence-electron chi connectivity index (χ4n) is 1.32. The van der Waals surface area contributed by atoms with Gasteiger partial charge in [0.25, 0.3) is 0 Å². The number of hydrogen-bond acceptors (Lipinski definition) is 3. The van der Waals surface area contributed by atoms with Gasteiger partial charge in [0, 0.05) is 17.5 Å². The predicted molar refractivity (Wildman–Crippen MR) is 48.5 cm³/mol. The van der Waals surface area contributed by atoms with Crippen molar-refractivity contribution >= 4 is 17.1 Å². The summed E-state index contributed by atoms with van der Waals surface area (Å²) in [5, 5.41) is 8.49. The Labute approximate surface area is 72.8 Å². The Morgan fingerprint density at radius 1 is 1.82 bits per heavy atom. The van der Waals surface area contributed by atoms with Gasteiger partial charge < -0.3 is 0 Å². The van der Waals surface area contributed by atoms with E-state index < -0.39 is 0 Å². The summed E-state index contributed by atoms with van der Waals surface area (Å²) in [7, 11) is 0. The highest BCUT2D eigenvalue weighted by atomic mass is 32.1. The highest BCUT2D eigenvalue weighted by Crippen LogP contribution is 2.13. The summed E-state index contributed by atoms with van der Waals surface area (Å²) in [6, 6.07) is 2.68. The molecule has 1 aliphatic heterocycles. The maximum Gasteiger partial charge on any atom is 0.0871 e. The van der Waals surface area contributed by atoms with E-state index in [4.69, 9.17) is 17.5 Å². The first kappa shape index (κ1) is 8.63. The summed E-state index contributed by atoms with van der Waals surface area (Å²) in [6.45, 7) is 3.50. The van der Waals surface area contributed by atoms with Crippen LogP contribution < -0.4 is 0 Å². The van der Waals surface area contributed by atoms with Gasteiger partial charge in [-0.2, -0.15) is 5.26 Å². The van der Waals surface area contributed by atoms with Crippen molar-refractivity contribution in [1.29, 1.82) is 5.26 Å². The van der Waals surface area contributed by atoms with Crippen LogP contribution in [0.1, 0.15) is 19.8 Å². The van der Waals surface area contributed by atoms with Crippen LogP contribution in [-0.2, 0) is 0 Å². The number of likely N-dealkylation sites (tertiary alicyclic amines) is 1. The van der Waals surface area contributed by atoms with Gasteiger partial charge in [-0.1, -0.05) is 12.2 Å². The highest BCUT2D eigenvalue weighted by molar-refractivity contribution is 7.80. The lowest BCUT2D eigenvalue weighted by Crippen LogP contribution is -2.41. The first-order chi connectivity index (χ1) is 5.24. The molecule has 1 fully saturated rings. The first-order valence-corrected chi connectivity index (χ1v) is 4.27. The van der Waals surface area contributed by atoms with Gasteiger partial charge in [-0.05, 0) is 19.8 Å². The maximum atomic E-state index is 8.49. The topological polar surface area (TPSA) is 27.0 Å². The Hall–Kier alpha value is -0.460. The van der Waals surface area contributed by atoms with Crippen LogP contribution in [0.15, 0.2) is 0 Å². The van der Waals surface area contributed by atoms with Crippen molar-refractivity contribution in [1.82, 2.24) is 4.90 Å².